The molecule has 0 aliphatic carbocycles. The number of likely N-dealkylation sites (tertiary alicyclic amines) is 1. The van der Waals surface area contributed by atoms with E-state index in [1.54, 1.807) is 12.1 Å². The van der Waals surface area contributed by atoms with Gasteiger partial charge in [0, 0.05) is 18.5 Å². The lowest BCUT2D eigenvalue weighted by Gasteiger charge is -2.31. The highest BCUT2D eigenvalue weighted by molar-refractivity contribution is 6.05. The van der Waals surface area contributed by atoms with E-state index in [1.165, 1.54) is 12.8 Å². The van der Waals surface area contributed by atoms with Crippen LogP contribution in [0, 0.1) is 5.92 Å². The molecule has 2 aromatic carbocycles. The number of phenols is 1. The number of benzene rings is 2. The average molecular weight is 323 g/mol. The molecule has 1 aromatic heterocycles. The lowest BCUT2D eigenvalue weighted by atomic mass is 9.99. The average Bonchev–Trinajstić information content (AvgIpc) is 2.58. The van der Waals surface area contributed by atoms with Gasteiger partial charge in [-0.3, -0.25) is 4.90 Å². The molecule has 1 aliphatic rings. The van der Waals surface area contributed by atoms with Gasteiger partial charge in [-0.15, -0.1) is 0 Å². The van der Waals surface area contributed by atoms with Gasteiger partial charge < -0.3 is 9.52 Å². The lowest BCUT2D eigenvalue weighted by Crippen LogP contribution is -2.33. The Morgan fingerprint density at radius 1 is 1.17 bits per heavy atom. The maximum atomic E-state index is 12.3. The summed E-state index contributed by atoms with van der Waals surface area (Å²) in [4.78, 5) is 14.7. The van der Waals surface area contributed by atoms with Gasteiger partial charge in [-0.2, -0.15) is 0 Å². The van der Waals surface area contributed by atoms with Crippen LogP contribution in [0.15, 0.2) is 45.6 Å². The van der Waals surface area contributed by atoms with Gasteiger partial charge in [-0.1, -0.05) is 25.1 Å². The van der Waals surface area contributed by atoms with E-state index in [-0.39, 0.29) is 11.4 Å². The molecule has 1 atom stereocenters. The summed E-state index contributed by atoms with van der Waals surface area (Å²) in [6.45, 7) is 4.88. The first-order valence-electron chi connectivity index (χ1n) is 8.52. The van der Waals surface area contributed by atoms with Gasteiger partial charge in [0.05, 0.1) is 10.9 Å². The predicted molar refractivity (Wildman–Crippen MR) is 95.3 cm³/mol. The van der Waals surface area contributed by atoms with E-state index in [0.29, 0.717) is 29.0 Å². The first kappa shape index (κ1) is 15.2. The molecule has 1 fully saturated rings. The third-order valence-electron chi connectivity index (χ3n) is 4.99. The Bertz CT molecular complexity index is 960. The van der Waals surface area contributed by atoms with Crippen LogP contribution in [0.2, 0.25) is 0 Å². The zero-order chi connectivity index (χ0) is 16.7. The van der Waals surface area contributed by atoms with Gasteiger partial charge in [0.2, 0.25) is 0 Å². The number of aromatic hydroxyl groups is 1. The van der Waals surface area contributed by atoms with Crippen molar-refractivity contribution in [2.75, 3.05) is 13.1 Å². The third kappa shape index (κ3) is 2.57. The summed E-state index contributed by atoms with van der Waals surface area (Å²) in [6, 6.07) is 11.0. The Kier molecular flexibility index (Phi) is 3.77. The topological polar surface area (TPSA) is 53.7 Å². The van der Waals surface area contributed by atoms with Crippen LogP contribution in [0.3, 0.4) is 0 Å². The van der Waals surface area contributed by atoms with Gasteiger partial charge >= 0.3 is 5.63 Å². The number of hydrogen-bond donors (Lipinski definition) is 1. The van der Waals surface area contributed by atoms with E-state index in [2.05, 4.69) is 11.8 Å². The molecule has 3 aromatic rings. The van der Waals surface area contributed by atoms with E-state index in [1.807, 2.05) is 24.3 Å². The van der Waals surface area contributed by atoms with Crippen molar-refractivity contribution in [2.24, 2.45) is 5.92 Å². The highest BCUT2D eigenvalue weighted by Crippen LogP contribution is 2.32. The molecular weight excluding hydrogens is 302 g/mol. The van der Waals surface area contributed by atoms with Crippen molar-refractivity contribution < 1.29 is 9.52 Å². The lowest BCUT2D eigenvalue weighted by molar-refractivity contribution is 0.175. The summed E-state index contributed by atoms with van der Waals surface area (Å²) in [7, 11) is 0. The number of hydrogen-bond acceptors (Lipinski definition) is 4. The Hall–Kier alpha value is -2.33. The molecule has 0 saturated carbocycles. The van der Waals surface area contributed by atoms with Crippen molar-refractivity contribution in [3.63, 3.8) is 0 Å². The normalized spacial score (nSPS) is 19.1. The number of piperidine rings is 1. The molecule has 4 nitrogen and oxygen atoms in total. The zero-order valence-corrected chi connectivity index (χ0v) is 13.8. The fourth-order valence-corrected chi connectivity index (χ4v) is 3.80. The molecule has 0 amide bonds. The van der Waals surface area contributed by atoms with Crippen LogP contribution in [0.5, 0.6) is 5.75 Å². The van der Waals surface area contributed by atoms with E-state index in [9.17, 15) is 9.90 Å². The van der Waals surface area contributed by atoms with Crippen LogP contribution in [-0.2, 0) is 6.54 Å². The second-order valence-electron chi connectivity index (χ2n) is 6.86. The summed E-state index contributed by atoms with van der Waals surface area (Å²) in [6.07, 6.45) is 2.41. The highest BCUT2D eigenvalue weighted by atomic mass is 16.4. The monoisotopic (exact) mass is 323 g/mol. The largest absolute Gasteiger partial charge is 0.507 e. The SMILES string of the molecule is C[C@H]1CCCN(Cc2c(O)ccc3c2oc(=O)c2ccccc23)C1. The molecule has 1 aliphatic heterocycles. The standard InChI is InChI=1S/C20H21NO3/c1-13-5-4-10-21(11-13)12-17-18(22)9-8-15-14-6-2-3-7-16(14)20(23)24-19(15)17/h2-3,6-9,13,22H,4-5,10-12H2,1H3/t13-/m0/s1. The molecule has 24 heavy (non-hydrogen) atoms. The van der Waals surface area contributed by atoms with Gasteiger partial charge in [-0.25, -0.2) is 4.79 Å². The fraction of sp³-hybridized carbons (Fsp3) is 0.350. The maximum absolute atomic E-state index is 12.3. The van der Waals surface area contributed by atoms with Crippen LogP contribution in [0.25, 0.3) is 21.7 Å². The zero-order valence-electron chi connectivity index (χ0n) is 13.8. The Morgan fingerprint density at radius 3 is 2.75 bits per heavy atom. The van der Waals surface area contributed by atoms with E-state index < -0.39 is 0 Å². The summed E-state index contributed by atoms with van der Waals surface area (Å²) in [5, 5.41) is 12.7. The van der Waals surface area contributed by atoms with Gasteiger partial charge in [0.25, 0.3) is 0 Å². The van der Waals surface area contributed by atoms with Crippen molar-refractivity contribution in [3.8, 4) is 5.75 Å². The third-order valence-corrected chi connectivity index (χ3v) is 4.99. The summed E-state index contributed by atoms with van der Waals surface area (Å²) in [5.74, 6) is 0.850. The highest BCUT2D eigenvalue weighted by Gasteiger charge is 2.20. The van der Waals surface area contributed by atoms with Crippen molar-refractivity contribution in [1.82, 2.24) is 4.90 Å². The fourth-order valence-electron chi connectivity index (χ4n) is 3.80. The predicted octanol–water partition coefficient (Wildman–Crippen LogP) is 3.88. The molecule has 2 heterocycles. The van der Waals surface area contributed by atoms with Crippen LogP contribution >= 0.6 is 0 Å². The number of phenolic OH excluding ortho intramolecular Hbond substituents is 1. The second kappa shape index (κ2) is 5.95. The first-order chi connectivity index (χ1) is 11.6. The summed E-state index contributed by atoms with van der Waals surface area (Å²) in [5.41, 5.74) is 0.873. The molecular formula is C20H21NO3. The first-order valence-corrected chi connectivity index (χ1v) is 8.52. The number of fused-ring (bicyclic) bond motifs is 3. The number of nitrogens with zero attached hydrogens (tertiary/aromatic N) is 1. The van der Waals surface area contributed by atoms with Crippen molar-refractivity contribution in [1.29, 1.82) is 0 Å². The molecule has 1 saturated heterocycles. The molecule has 124 valence electrons. The van der Waals surface area contributed by atoms with Crippen LogP contribution in [0.1, 0.15) is 25.3 Å². The van der Waals surface area contributed by atoms with Crippen molar-refractivity contribution in [2.45, 2.75) is 26.3 Å². The minimum Gasteiger partial charge on any atom is -0.507 e. The summed E-state index contributed by atoms with van der Waals surface area (Å²) < 4.78 is 5.61. The maximum Gasteiger partial charge on any atom is 0.344 e. The van der Waals surface area contributed by atoms with Gasteiger partial charge in [0.1, 0.15) is 11.3 Å². The minimum absolute atomic E-state index is 0.194. The smallest absolute Gasteiger partial charge is 0.344 e. The Morgan fingerprint density at radius 2 is 1.96 bits per heavy atom. The summed E-state index contributed by atoms with van der Waals surface area (Å²) >= 11 is 0. The van der Waals surface area contributed by atoms with Crippen molar-refractivity contribution >= 4 is 21.7 Å². The molecule has 0 spiro atoms. The minimum atomic E-state index is -0.350. The number of rotatable bonds is 2. The molecule has 0 bridgehead atoms. The molecule has 4 heteroatoms. The Balaban J connectivity index is 1.88. The van der Waals surface area contributed by atoms with Gasteiger partial charge in [0.15, 0.2) is 0 Å². The second-order valence-corrected chi connectivity index (χ2v) is 6.86. The van der Waals surface area contributed by atoms with Crippen LogP contribution in [0.4, 0.5) is 0 Å². The van der Waals surface area contributed by atoms with Crippen LogP contribution in [-0.4, -0.2) is 23.1 Å². The molecule has 0 unspecified atom stereocenters. The molecule has 0 radical (unpaired) electrons. The Labute approximate surface area is 140 Å². The molecule has 1 N–H and O–H groups in total. The van der Waals surface area contributed by atoms with Crippen LogP contribution < -0.4 is 5.63 Å². The van der Waals surface area contributed by atoms with E-state index in [4.69, 9.17) is 4.42 Å². The van der Waals surface area contributed by atoms with Crippen molar-refractivity contribution in [3.05, 3.63) is 52.4 Å². The quantitative estimate of drug-likeness (QED) is 0.574. The van der Waals surface area contributed by atoms with Gasteiger partial charge in [-0.05, 0) is 48.9 Å². The molecule has 4 rings (SSSR count). The van der Waals surface area contributed by atoms with E-state index in [0.717, 1.165) is 23.9 Å². The van der Waals surface area contributed by atoms with E-state index >= 15 is 0 Å².